The molecule has 4 heteroatoms. The number of rotatable bonds is 5. The second-order valence-electron chi connectivity index (χ2n) is 5.06. The van der Waals surface area contributed by atoms with Crippen LogP contribution in [-0.4, -0.2) is 29.6 Å². The number of hydrogen-bond acceptors (Lipinski definition) is 3. The Balaban J connectivity index is 2.54. The van der Waals surface area contributed by atoms with E-state index in [9.17, 15) is 4.79 Å². The summed E-state index contributed by atoms with van der Waals surface area (Å²) >= 11 is 0. The maximum absolute atomic E-state index is 12.9. The van der Waals surface area contributed by atoms with Crippen molar-refractivity contribution < 1.29 is 4.79 Å². The number of likely N-dealkylation sites (tertiary alicyclic amines) is 1. The van der Waals surface area contributed by atoms with E-state index in [1.807, 2.05) is 35.2 Å². The molecule has 1 aliphatic rings. The average Bonchev–Trinajstić information content (AvgIpc) is 3.09. The fourth-order valence-electron chi connectivity index (χ4n) is 2.52. The van der Waals surface area contributed by atoms with Crippen LogP contribution in [0.5, 0.6) is 0 Å². The Morgan fingerprint density at radius 1 is 1.18 bits per heavy atom. The minimum atomic E-state index is -0.0978. The van der Waals surface area contributed by atoms with Gasteiger partial charge >= 0.3 is 0 Å². The summed E-state index contributed by atoms with van der Waals surface area (Å²) in [5.41, 5.74) is 8.34. The lowest BCUT2D eigenvalue weighted by atomic mass is 10.0. The number of carbonyl (C=O) groups excluding carboxylic acids is 1. The molecule has 0 radical (unpaired) electrons. The molecule has 2 rings (SSSR count). The summed E-state index contributed by atoms with van der Waals surface area (Å²) in [6, 6.07) is 9.43. The minimum absolute atomic E-state index is 0.0978. The number of nitrogens with zero attached hydrogens (tertiary/aromatic N) is 2. The van der Waals surface area contributed by atoms with Crippen LogP contribution in [0.2, 0.25) is 0 Å². The number of hydrogen-bond donors (Lipinski definition) is 1. The highest BCUT2D eigenvalue weighted by atomic mass is 16.2. The summed E-state index contributed by atoms with van der Waals surface area (Å²) in [6.45, 7) is 8.85. The van der Waals surface area contributed by atoms with E-state index in [0.717, 1.165) is 31.5 Å². The van der Waals surface area contributed by atoms with E-state index in [1.165, 1.54) is 6.20 Å². The van der Waals surface area contributed by atoms with Crippen molar-refractivity contribution in [3.63, 3.8) is 0 Å². The third-order valence-electron chi connectivity index (χ3n) is 3.64. The summed E-state index contributed by atoms with van der Waals surface area (Å²) in [5, 5.41) is 0. The van der Waals surface area contributed by atoms with Gasteiger partial charge in [-0.2, -0.15) is 0 Å². The summed E-state index contributed by atoms with van der Waals surface area (Å²) in [4.78, 5) is 18.8. The lowest BCUT2D eigenvalue weighted by molar-refractivity contribution is -0.125. The molecule has 1 aromatic rings. The average molecular weight is 295 g/mol. The first-order valence-corrected chi connectivity index (χ1v) is 7.35. The number of carbonyl (C=O) groups is 1. The molecule has 1 saturated heterocycles. The molecule has 4 nitrogen and oxygen atoms in total. The molecular formula is C18H21N3O. The number of nitrogens with two attached hydrogens (primary N) is 1. The summed E-state index contributed by atoms with van der Waals surface area (Å²) < 4.78 is 0. The molecule has 2 N–H and O–H groups in total. The lowest BCUT2D eigenvalue weighted by Crippen LogP contribution is -2.33. The van der Waals surface area contributed by atoms with Gasteiger partial charge < -0.3 is 10.6 Å². The van der Waals surface area contributed by atoms with E-state index in [2.05, 4.69) is 18.2 Å². The predicted octanol–water partition coefficient (Wildman–Crippen LogP) is 2.75. The Morgan fingerprint density at radius 3 is 2.36 bits per heavy atom. The van der Waals surface area contributed by atoms with Crippen molar-refractivity contribution in [2.45, 2.75) is 12.8 Å². The topological polar surface area (TPSA) is 58.7 Å². The monoisotopic (exact) mass is 295 g/mol. The lowest BCUT2D eigenvalue weighted by Gasteiger charge is -2.19. The fraction of sp³-hybridized carbons (Fsp3) is 0.222. The molecule has 1 amide bonds. The maximum Gasteiger partial charge on any atom is 0.258 e. The van der Waals surface area contributed by atoms with Crippen LogP contribution in [0.15, 0.2) is 66.3 Å². The highest BCUT2D eigenvalue weighted by Gasteiger charge is 2.26. The van der Waals surface area contributed by atoms with Crippen molar-refractivity contribution in [1.82, 2.24) is 4.90 Å². The SMILES string of the molecule is C=CN=C(C=C)/C(C(=O)N1CCCC1)=C(\N)c1ccccc1. The van der Waals surface area contributed by atoms with Gasteiger partial charge in [-0.15, -0.1) is 0 Å². The van der Waals surface area contributed by atoms with Gasteiger partial charge in [-0.25, -0.2) is 0 Å². The van der Waals surface area contributed by atoms with Crippen LogP contribution in [0.1, 0.15) is 18.4 Å². The van der Waals surface area contributed by atoms with E-state index in [0.29, 0.717) is 17.0 Å². The van der Waals surface area contributed by atoms with Crippen LogP contribution in [0.4, 0.5) is 0 Å². The maximum atomic E-state index is 12.9. The largest absolute Gasteiger partial charge is 0.398 e. The van der Waals surface area contributed by atoms with Gasteiger partial charge in [-0.1, -0.05) is 43.5 Å². The summed E-state index contributed by atoms with van der Waals surface area (Å²) in [6.07, 6.45) is 4.98. The van der Waals surface area contributed by atoms with Crippen LogP contribution in [0, 0.1) is 0 Å². The van der Waals surface area contributed by atoms with E-state index < -0.39 is 0 Å². The summed E-state index contributed by atoms with van der Waals surface area (Å²) in [5.74, 6) is -0.0978. The van der Waals surface area contributed by atoms with Gasteiger partial charge in [0.05, 0.1) is 17.0 Å². The number of allylic oxidation sites excluding steroid dienone is 1. The zero-order valence-electron chi connectivity index (χ0n) is 12.7. The van der Waals surface area contributed by atoms with E-state index in [4.69, 9.17) is 5.73 Å². The molecule has 1 heterocycles. The normalized spacial score (nSPS) is 16.2. The molecule has 0 unspecified atom stereocenters. The molecule has 0 atom stereocenters. The van der Waals surface area contributed by atoms with E-state index >= 15 is 0 Å². The number of amides is 1. The van der Waals surface area contributed by atoms with Crippen molar-refractivity contribution in [3.05, 3.63) is 66.9 Å². The molecule has 22 heavy (non-hydrogen) atoms. The predicted molar refractivity (Wildman–Crippen MR) is 91.2 cm³/mol. The van der Waals surface area contributed by atoms with Crippen molar-refractivity contribution in [2.24, 2.45) is 10.7 Å². The number of benzene rings is 1. The second kappa shape index (κ2) is 7.41. The fourth-order valence-corrected chi connectivity index (χ4v) is 2.52. The van der Waals surface area contributed by atoms with E-state index in [-0.39, 0.29) is 5.91 Å². The first-order valence-electron chi connectivity index (χ1n) is 7.35. The second-order valence-corrected chi connectivity index (χ2v) is 5.06. The number of aliphatic imine (C=N–C) groups is 1. The van der Waals surface area contributed by atoms with Crippen molar-refractivity contribution in [3.8, 4) is 0 Å². The molecule has 1 aliphatic heterocycles. The van der Waals surface area contributed by atoms with E-state index in [1.54, 1.807) is 6.08 Å². The van der Waals surface area contributed by atoms with Crippen molar-refractivity contribution >= 4 is 17.3 Å². The van der Waals surface area contributed by atoms with Crippen LogP contribution < -0.4 is 5.73 Å². The Hall–Kier alpha value is -2.62. The standard InChI is InChI=1S/C18H21N3O/c1-3-15(20-4-2)16(18(22)21-12-8-9-13-21)17(19)14-10-6-5-7-11-14/h3-7,10-11H,1-2,8-9,12-13,19H2/b17-16+,20-15?. The molecule has 0 saturated carbocycles. The molecule has 114 valence electrons. The Morgan fingerprint density at radius 2 is 1.82 bits per heavy atom. The minimum Gasteiger partial charge on any atom is -0.398 e. The van der Waals surface area contributed by atoms with Gasteiger partial charge in [0.15, 0.2) is 0 Å². The van der Waals surface area contributed by atoms with Crippen LogP contribution in [0.3, 0.4) is 0 Å². The van der Waals surface area contributed by atoms with Gasteiger partial charge in [0.1, 0.15) is 0 Å². The first kappa shape index (κ1) is 15.8. The molecule has 0 aliphatic carbocycles. The van der Waals surface area contributed by atoms with Crippen LogP contribution >= 0.6 is 0 Å². The first-order chi connectivity index (χ1) is 10.7. The Bertz CT molecular complexity index is 623. The third kappa shape index (κ3) is 3.34. The zero-order valence-corrected chi connectivity index (χ0v) is 12.7. The molecular weight excluding hydrogens is 274 g/mol. The molecule has 1 aromatic carbocycles. The zero-order chi connectivity index (χ0) is 15.9. The molecule has 1 fully saturated rings. The summed E-state index contributed by atoms with van der Waals surface area (Å²) in [7, 11) is 0. The highest BCUT2D eigenvalue weighted by molar-refractivity contribution is 6.29. The highest BCUT2D eigenvalue weighted by Crippen LogP contribution is 2.20. The Labute approximate surface area is 131 Å². The van der Waals surface area contributed by atoms with Crippen molar-refractivity contribution in [1.29, 1.82) is 0 Å². The van der Waals surface area contributed by atoms with Crippen molar-refractivity contribution in [2.75, 3.05) is 13.1 Å². The van der Waals surface area contributed by atoms with Gasteiger partial charge in [-0.05, 0) is 24.5 Å². The van der Waals surface area contributed by atoms with Gasteiger partial charge in [0, 0.05) is 19.3 Å². The molecule has 0 bridgehead atoms. The van der Waals surface area contributed by atoms with Gasteiger partial charge in [0.25, 0.3) is 5.91 Å². The van der Waals surface area contributed by atoms with Gasteiger partial charge in [0.2, 0.25) is 0 Å². The van der Waals surface area contributed by atoms with Crippen LogP contribution in [0.25, 0.3) is 5.70 Å². The molecule has 0 spiro atoms. The molecule has 0 aromatic heterocycles. The Kier molecular flexibility index (Phi) is 5.31. The van der Waals surface area contributed by atoms with Crippen LogP contribution in [-0.2, 0) is 4.79 Å². The third-order valence-corrected chi connectivity index (χ3v) is 3.64. The van der Waals surface area contributed by atoms with Gasteiger partial charge in [-0.3, -0.25) is 9.79 Å². The smallest absolute Gasteiger partial charge is 0.258 e. The quantitative estimate of drug-likeness (QED) is 0.670.